The third-order valence-electron chi connectivity index (χ3n) is 7.24. The fraction of sp³-hybridized carbons (Fsp3) is 0.480. The van der Waals surface area contributed by atoms with Gasteiger partial charge in [-0.2, -0.15) is 13.2 Å². The number of benzene rings is 1. The molecule has 0 radical (unpaired) electrons. The van der Waals surface area contributed by atoms with Gasteiger partial charge in [-0.25, -0.2) is 32.1 Å². The number of likely N-dealkylation sites (tertiary alicyclic amines) is 1. The molecule has 0 amide bonds. The van der Waals surface area contributed by atoms with Gasteiger partial charge in [0.2, 0.25) is 16.0 Å². The lowest BCUT2D eigenvalue weighted by molar-refractivity contribution is -0.137. The van der Waals surface area contributed by atoms with Crippen molar-refractivity contribution in [3.63, 3.8) is 0 Å². The van der Waals surface area contributed by atoms with Crippen molar-refractivity contribution >= 4 is 16.0 Å². The topological polar surface area (TPSA) is 96.2 Å². The van der Waals surface area contributed by atoms with Gasteiger partial charge in [-0.1, -0.05) is 6.07 Å². The minimum Gasteiger partial charge on any atom is -0.351 e. The molecular weight excluding hydrogens is 538 g/mol. The van der Waals surface area contributed by atoms with Gasteiger partial charge in [0, 0.05) is 50.5 Å². The highest BCUT2D eigenvalue weighted by atomic mass is 32.2. The fourth-order valence-corrected chi connectivity index (χ4v) is 5.96. The third-order valence-corrected chi connectivity index (χ3v) is 8.55. The quantitative estimate of drug-likeness (QED) is 0.454. The standard InChI is InChI=1S/C25H29F4N7O2S/c1-15-31-21(14-36(15)22-5-4-16(10-20(22)26)17-12-34(2)13-17)23-19(25(27,28)29)11-30-24(33-23)32-18-6-8-35(9-7-18)39(3,37)38/h4-5,10-11,14,17-18H,6-9,12-13H2,1-3H3,(H,30,32,33). The lowest BCUT2D eigenvalue weighted by atomic mass is 9.92. The molecule has 0 unspecified atom stereocenters. The van der Waals surface area contributed by atoms with Gasteiger partial charge in [0.25, 0.3) is 0 Å². The lowest BCUT2D eigenvalue weighted by Gasteiger charge is -2.36. The molecule has 0 bridgehead atoms. The molecule has 0 aliphatic carbocycles. The Morgan fingerprint density at radius 1 is 1.10 bits per heavy atom. The Kier molecular flexibility index (Phi) is 7.14. The molecule has 2 aliphatic heterocycles. The van der Waals surface area contributed by atoms with E-state index in [1.54, 1.807) is 13.0 Å². The highest BCUT2D eigenvalue weighted by molar-refractivity contribution is 7.88. The summed E-state index contributed by atoms with van der Waals surface area (Å²) in [6, 6.07) is 4.70. The van der Waals surface area contributed by atoms with Crippen LogP contribution in [0, 0.1) is 12.7 Å². The normalized spacial score (nSPS) is 18.3. The number of aryl methyl sites for hydroxylation is 1. The lowest BCUT2D eigenvalue weighted by Crippen LogP contribution is -2.42. The van der Waals surface area contributed by atoms with E-state index in [1.807, 2.05) is 13.1 Å². The van der Waals surface area contributed by atoms with Crippen LogP contribution in [0.2, 0.25) is 0 Å². The average molecular weight is 568 g/mol. The molecule has 0 spiro atoms. The van der Waals surface area contributed by atoms with Crippen LogP contribution in [0.5, 0.6) is 0 Å². The number of sulfonamides is 1. The molecule has 14 heteroatoms. The highest BCUT2D eigenvalue weighted by Crippen LogP contribution is 2.36. The highest BCUT2D eigenvalue weighted by Gasteiger charge is 2.37. The largest absolute Gasteiger partial charge is 0.420 e. The number of nitrogens with zero attached hydrogens (tertiary/aromatic N) is 6. The number of alkyl halides is 3. The van der Waals surface area contributed by atoms with Gasteiger partial charge < -0.3 is 14.8 Å². The van der Waals surface area contributed by atoms with Crippen LogP contribution in [-0.4, -0.2) is 82.7 Å². The van der Waals surface area contributed by atoms with Crippen LogP contribution in [-0.2, 0) is 16.2 Å². The Labute approximate surface area is 223 Å². The second-order valence-electron chi connectivity index (χ2n) is 10.2. The summed E-state index contributed by atoms with van der Waals surface area (Å²) >= 11 is 0. The average Bonchev–Trinajstić information content (AvgIpc) is 3.22. The number of likely N-dealkylation sites (N-methyl/N-ethyl adjacent to an activating group) is 1. The van der Waals surface area contributed by atoms with Crippen molar-refractivity contribution in [3.05, 3.63) is 53.4 Å². The van der Waals surface area contributed by atoms with E-state index in [-0.39, 0.29) is 42.4 Å². The van der Waals surface area contributed by atoms with E-state index in [0.29, 0.717) is 24.9 Å². The maximum Gasteiger partial charge on any atom is 0.420 e. The predicted molar refractivity (Wildman–Crippen MR) is 138 cm³/mol. The molecule has 1 aromatic carbocycles. The molecule has 2 aliphatic rings. The number of imidazole rings is 1. The zero-order valence-electron chi connectivity index (χ0n) is 21.7. The first-order valence-corrected chi connectivity index (χ1v) is 14.3. The summed E-state index contributed by atoms with van der Waals surface area (Å²) in [4.78, 5) is 14.4. The first-order chi connectivity index (χ1) is 18.3. The first kappa shape index (κ1) is 27.5. The van der Waals surface area contributed by atoms with Crippen LogP contribution < -0.4 is 5.32 Å². The van der Waals surface area contributed by atoms with E-state index in [0.717, 1.165) is 24.9 Å². The van der Waals surface area contributed by atoms with Gasteiger partial charge in [-0.15, -0.1) is 0 Å². The molecule has 5 rings (SSSR count). The number of hydrogen-bond donors (Lipinski definition) is 1. The van der Waals surface area contributed by atoms with E-state index >= 15 is 4.39 Å². The zero-order chi connectivity index (χ0) is 28.1. The maximum absolute atomic E-state index is 15.1. The number of rotatable bonds is 6. The van der Waals surface area contributed by atoms with Crippen molar-refractivity contribution in [2.75, 3.05) is 44.8 Å². The monoisotopic (exact) mass is 567 g/mol. The Hall–Kier alpha value is -3.10. The van der Waals surface area contributed by atoms with Crippen LogP contribution in [0.3, 0.4) is 0 Å². The molecule has 0 saturated carbocycles. The summed E-state index contributed by atoms with van der Waals surface area (Å²) in [7, 11) is -1.32. The molecule has 4 heterocycles. The van der Waals surface area contributed by atoms with Crippen LogP contribution in [0.15, 0.2) is 30.6 Å². The van der Waals surface area contributed by atoms with Crippen LogP contribution in [0.25, 0.3) is 17.1 Å². The van der Waals surface area contributed by atoms with Crippen molar-refractivity contribution in [1.29, 1.82) is 0 Å². The smallest absolute Gasteiger partial charge is 0.351 e. The first-order valence-electron chi connectivity index (χ1n) is 12.5. The van der Waals surface area contributed by atoms with Gasteiger partial charge in [-0.3, -0.25) is 0 Å². The molecule has 2 fully saturated rings. The van der Waals surface area contributed by atoms with Crippen molar-refractivity contribution in [3.8, 4) is 17.1 Å². The summed E-state index contributed by atoms with van der Waals surface area (Å²) in [6.45, 7) is 3.84. The van der Waals surface area contributed by atoms with Crippen LogP contribution in [0.1, 0.15) is 35.7 Å². The Balaban J connectivity index is 1.43. The number of piperidine rings is 1. The molecule has 0 atom stereocenters. The van der Waals surface area contributed by atoms with E-state index in [9.17, 15) is 21.6 Å². The molecule has 2 saturated heterocycles. The van der Waals surface area contributed by atoms with E-state index < -0.39 is 33.3 Å². The molecule has 2 aromatic heterocycles. The molecule has 3 aromatic rings. The second kappa shape index (κ2) is 10.1. The molecule has 9 nitrogen and oxygen atoms in total. The van der Waals surface area contributed by atoms with Crippen LogP contribution in [0.4, 0.5) is 23.5 Å². The van der Waals surface area contributed by atoms with Gasteiger partial charge >= 0.3 is 6.18 Å². The summed E-state index contributed by atoms with van der Waals surface area (Å²) < 4.78 is 83.1. The number of nitrogens with one attached hydrogen (secondary N) is 1. The van der Waals surface area contributed by atoms with Crippen molar-refractivity contribution in [2.24, 2.45) is 0 Å². The molecule has 210 valence electrons. The van der Waals surface area contributed by atoms with Crippen LogP contribution >= 0.6 is 0 Å². The van der Waals surface area contributed by atoms with Crippen molar-refractivity contribution in [2.45, 2.75) is 37.9 Å². The van der Waals surface area contributed by atoms with E-state index in [1.165, 1.54) is 21.1 Å². The summed E-state index contributed by atoms with van der Waals surface area (Å²) in [6.07, 6.45) is -0.651. The minimum absolute atomic E-state index is 0.0241. The van der Waals surface area contributed by atoms with E-state index in [2.05, 4.69) is 25.2 Å². The molecule has 1 N–H and O–H groups in total. The molecular formula is C25H29F4N7O2S. The number of aromatic nitrogens is 4. The second-order valence-corrected chi connectivity index (χ2v) is 12.2. The Bertz CT molecular complexity index is 1480. The Morgan fingerprint density at radius 2 is 1.79 bits per heavy atom. The van der Waals surface area contributed by atoms with Gasteiger partial charge in [0.15, 0.2) is 0 Å². The summed E-state index contributed by atoms with van der Waals surface area (Å²) in [5.74, 6) is 0.0342. The zero-order valence-corrected chi connectivity index (χ0v) is 22.5. The van der Waals surface area contributed by atoms with Gasteiger partial charge in [-0.05, 0) is 44.5 Å². The SMILES string of the molecule is Cc1nc(-c2nc(NC3CCN(S(C)(=O)=O)CC3)ncc2C(F)(F)F)cn1-c1ccc(C2CN(C)C2)cc1F. The number of halogens is 4. The Morgan fingerprint density at radius 3 is 2.38 bits per heavy atom. The number of anilines is 1. The molecule has 39 heavy (non-hydrogen) atoms. The summed E-state index contributed by atoms with van der Waals surface area (Å²) in [5, 5.41) is 3.03. The minimum atomic E-state index is -4.74. The number of hydrogen-bond acceptors (Lipinski definition) is 7. The predicted octanol–water partition coefficient (Wildman–Crippen LogP) is 3.66. The third kappa shape index (κ3) is 5.77. The van der Waals surface area contributed by atoms with Crippen molar-refractivity contribution in [1.82, 2.24) is 28.7 Å². The fourth-order valence-electron chi connectivity index (χ4n) is 5.08. The van der Waals surface area contributed by atoms with Gasteiger partial charge in [0.1, 0.15) is 28.6 Å². The van der Waals surface area contributed by atoms with Crippen molar-refractivity contribution < 1.29 is 26.0 Å². The summed E-state index contributed by atoms with van der Waals surface area (Å²) in [5.41, 5.74) is -0.498. The van der Waals surface area contributed by atoms with Gasteiger partial charge in [0.05, 0.1) is 11.9 Å². The maximum atomic E-state index is 15.1. The van der Waals surface area contributed by atoms with E-state index in [4.69, 9.17) is 0 Å².